The van der Waals surface area contributed by atoms with Gasteiger partial charge < -0.3 is 80.8 Å². The van der Waals surface area contributed by atoms with Crippen molar-refractivity contribution < 1.29 is 63.9 Å². The molecule has 452 valence electrons. The molecule has 5 saturated carbocycles. The average molecular weight is 1170 g/mol. The Kier molecular flexibility index (Phi) is 17.6. The molecule has 1 aromatic carbocycles. The van der Waals surface area contributed by atoms with Crippen LogP contribution >= 0.6 is 21.6 Å². The number of nitrogens with one attached hydrogen (secondary N) is 3. The molecule has 9 aliphatic rings. The second kappa shape index (κ2) is 23.8. The van der Waals surface area contributed by atoms with Crippen LogP contribution in [0.4, 0.5) is 0 Å². The minimum absolute atomic E-state index is 0.00881. The third-order valence-corrected chi connectivity index (χ3v) is 25.7. The number of carbonyl (C=O) groups is 1. The van der Waals surface area contributed by atoms with E-state index in [-0.39, 0.29) is 85.5 Å². The van der Waals surface area contributed by atoms with Gasteiger partial charge in [0.05, 0.1) is 30.7 Å². The van der Waals surface area contributed by atoms with Gasteiger partial charge in [-0.1, -0.05) is 53.5 Å². The number of aliphatic imine (C=N–C) groups is 1. The summed E-state index contributed by atoms with van der Waals surface area (Å²) in [5.74, 6) is -0.985. The third kappa shape index (κ3) is 10.6. The number of guanidine groups is 1. The van der Waals surface area contributed by atoms with E-state index in [9.17, 15) is 40.5 Å². The number of fused-ring (bicyclic) bond motifs is 12. The van der Waals surface area contributed by atoms with Gasteiger partial charge in [-0.05, 0) is 176 Å². The summed E-state index contributed by atoms with van der Waals surface area (Å²) >= 11 is 0. The van der Waals surface area contributed by atoms with E-state index in [1.807, 2.05) is 16.9 Å². The fourth-order valence-corrected chi connectivity index (χ4v) is 22.3. The number of allylic oxidation sites excluding steroid dienone is 1. The number of aliphatic hydroxyl groups is 7. The number of rotatable bonds is 10. The molecule has 1 aromatic heterocycles. The van der Waals surface area contributed by atoms with Crippen molar-refractivity contribution in [3.63, 3.8) is 0 Å². The molecule has 2 saturated heterocycles. The predicted molar refractivity (Wildman–Crippen MR) is 312 cm³/mol. The Balaban J connectivity index is 1.06. The summed E-state index contributed by atoms with van der Waals surface area (Å²) in [5, 5.41) is 101. The van der Waals surface area contributed by atoms with Crippen molar-refractivity contribution in [2.75, 3.05) is 46.2 Å². The molecule has 3 spiro atoms. The molecule has 3 aliphatic heterocycles. The number of benzene rings is 1. The van der Waals surface area contributed by atoms with E-state index in [0.717, 1.165) is 64.2 Å². The molecule has 6 aliphatic carbocycles. The number of nitrogens with zero attached hydrogens (tertiary/aromatic N) is 1. The number of hydrogen-bond donors (Lipinski definition) is 11. The lowest BCUT2D eigenvalue weighted by atomic mass is 9.50. The first-order valence-electron chi connectivity index (χ1n) is 30.8. The van der Waals surface area contributed by atoms with Crippen LogP contribution in [0.25, 0.3) is 11.0 Å². The summed E-state index contributed by atoms with van der Waals surface area (Å²) in [5.41, 5.74) is -0.665. The van der Waals surface area contributed by atoms with Crippen molar-refractivity contribution in [3.8, 4) is 11.5 Å². The van der Waals surface area contributed by atoms with Crippen molar-refractivity contribution in [1.29, 1.82) is 0 Å². The zero-order valence-corrected chi connectivity index (χ0v) is 49.7. The van der Waals surface area contributed by atoms with Crippen LogP contribution in [-0.4, -0.2) is 164 Å². The molecule has 11 rings (SSSR count). The van der Waals surface area contributed by atoms with Crippen LogP contribution in [-0.2, 0) is 20.7 Å². The number of aliphatic hydroxyl groups excluding tert-OH is 4. The van der Waals surface area contributed by atoms with Crippen LogP contribution < -0.4 is 31.2 Å². The maximum atomic E-state index is 13.9. The number of carbonyl (C=O) groups excluding carboxylic acids is 1. The monoisotopic (exact) mass is 1170 g/mol. The minimum atomic E-state index is -2.51. The van der Waals surface area contributed by atoms with Crippen LogP contribution in [0.3, 0.4) is 0 Å². The average Bonchev–Trinajstić information content (AvgIpc) is 1.67. The summed E-state index contributed by atoms with van der Waals surface area (Å²) in [6.45, 7) is 4.26. The molecule has 5 bridgehead atoms. The topological polar surface area (TPSA) is 283 Å². The molecule has 2 aromatic rings. The standard InChI is InChI=1S/C61H93N5O13S2/c1-5-75-48(70)16-12-36-29-37-20-27-76-50(37)52-51(36)78-54-61(74)49-39(11-14-44(68)42(49)33-67)31-59(73,53(61)71)60(79-54)34-80-81-58(46(65-26-28-77-52)15-9-35(2)7-6-8-47(60)69)25-24-56(30-38-10-13-43(63-3)41(38)32-56)45(58)19-23-57(72)21-17-40(18-22-57)66-55(62)64-4/h11,14,20,27,29,35,38-47,49,53-54,63,65,67-69,71-74H,5-10,12-13,15-19,21-26,28,30-34H2,1-4H3,(H3,62,64,66)/t35-,38+,39+,40?,41+,42-,43+,44+,45-,46-,47+,49-,53+,54-,56-,57?,58+,59+,60-,61-/m1/s1. The maximum Gasteiger partial charge on any atom is 0.306 e. The van der Waals surface area contributed by atoms with Gasteiger partial charge in [0.1, 0.15) is 23.9 Å². The summed E-state index contributed by atoms with van der Waals surface area (Å²) in [6.07, 6.45) is 12.6. The first-order valence-corrected chi connectivity index (χ1v) is 33.1. The van der Waals surface area contributed by atoms with Gasteiger partial charge in [-0.15, -0.1) is 0 Å². The molecule has 0 amide bonds. The Bertz CT molecular complexity index is 2600. The number of esters is 1. The van der Waals surface area contributed by atoms with Crippen molar-refractivity contribution in [2.45, 2.75) is 212 Å². The zero-order valence-electron chi connectivity index (χ0n) is 48.1. The zero-order chi connectivity index (χ0) is 57.1. The summed E-state index contributed by atoms with van der Waals surface area (Å²) < 4.78 is 32.7. The number of aryl methyl sites for hydroxylation is 1. The number of furan rings is 1. The van der Waals surface area contributed by atoms with E-state index < -0.39 is 82.1 Å². The molecular weight excluding hydrogens is 1070 g/mol. The molecule has 81 heavy (non-hydrogen) atoms. The first kappa shape index (κ1) is 59.9. The van der Waals surface area contributed by atoms with Crippen LogP contribution in [0.5, 0.6) is 11.5 Å². The Morgan fingerprint density at radius 3 is 2.57 bits per heavy atom. The highest BCUT2D eigenvalue weighted by molar-refractivity contribution is 8.77. The number of hydrogen-bond acceptors (Lipinski definition) is 18. The van der Waals surface area contributed by atoms with Gasteiger partial charge in [0, 0.05) is 72.5 Å². The van der Waals surface area contributed by atoms with Gasteiger partial charge in [-0.3, -0.25) is 9.79 Å². The number of ether oxygens (including phenoxy) is 4. The molecule has 7 fully saturated rings. The highest BCUT2D eigenvalue weighted by Crippen LogP contribution is 2.71. The Labute approximate surface area is 485 Å². The maximum absolute atomic E-state index is 13.9. The molecule has 0 radical (unpaired) electrons. The van der Waals surface area contributed by atoms with E-state index in [2.05, 4.69) is 34.9 Å². The van der Waals surface area contributed by atoms with Crippen LogP contribution in [0, 0.1) is 46.8 Å². The van der Waals surface area contributed by atoms with Gasteiger partial charge in [0.25, 0.3) is 0 Å². The van der Waals surface area contributed by atoms with E-state index in [0.29, 0.717) is 72.6 Å². The fraction of sp³-hybridized carbons (Fsp3) is 0.803. The van der Waals surface area contributed by atoms with E-state index in [4.69, 9.17) is 29.1 Å². The second-order valence-corrected chi connectivity index (χ2v) is 29.1. The van der Waals surface area contributed by atoms with Gasteiger partial charge >= 0.3 is 5.97 Å². The summed E-state index contributed by atoms with van der Waals surface area (Å²) in [4.78, 5) is 17.3. The fourth-order valence-electron chi connectivity index (χ4n) is 18.1. The van der Waals surface area contributed by atoms with Crippen LogP contribution in [0.1, 0.15) is 141 Å². The summed E-state index contributed by atoms with van der Waals surface area (Å²) in [7, 11) is 7.18. The lowest BCUT2D eigenvalue weighted by molar-refractivity contribution is -0.424. The Morgan fingerprint density at radius 2 is 1.80 bits per heavy atom. The molecule has 18 atom stereocenters. The van der Waals surface area contributed by atoms with Gasteiger partial charge in [-0.25, -0.2) is 0 Å². The third-order valence-electron chi connectivity index (χ3n) is 22.3. The van der Waals surface area contributed by atoms with Crippen molar-refractivity contribution >= 4 is 44.5 Å². The minimum Gasteiger partial charge on any atom is -0.485 e. The lowest BCUT2D eigenvalue weighted by Gasteiger charge is -2.67. The molecule has 0 unspecified atom stereocenters. The second-order valence-electron chi connectivity index (χ2n) is 26.4. The first-order chi connectivity index (χ1) is 38.9. The number of nitrogens with two attached hydrogens (primary N) is 1. The van der Waals surface area contributed by atoms with Crippen molar-refractivity contribution in [3.05, 3.63) is 36.1 Å². The summed E-state index contributed by atoms with van der Waals surface area (Å²) in [6, 6.07) is 4.19. The molecule has 20 heteroatoms. The van der Waals surface area contributed by atoms with Crippen molar-refractivity contribution in [2.24, 2.45) is 57.6 Å². The normalized spacial score (nSPS) is 44.6. The van der Waals surface area contributed by atoms with E-state index >= 15 is 0 Å². The Morgan fingerprint density at radius 1 is 0.988 bits per heavy atom. The smallest absolute Gasteiger partial charge is 0.306 e. The lowest BCUT2D eigenvalue weighted by Crippen LogP contribution is -2.86. The highest BCUT2D eigenvalue weighted by atomic mass is 33.1. The SMILES string of the molecule is CCOC(=O)CCc1cc2ccoc2c2c1O[C@@H]1O[C@@]3(CSS[C@]4(CC[C@]5(C[C@@H]6CC[C@H](NC)[C@H]6C5)[C@H]4CCC4(O)CCC(NC(N)=NC)CC4)[C@@H](CC[C@H](C)CCC[C@@H]3O)NCCO2)[C@]2(O)C[C@@H]3C=C[C@H](O)[C@@H](CO)[C@@H]3[C@@]1(O)[C@H]2O. The molecule has 18 nitrogen and oxygen atoms in total. The van der Waals surface area contributed by atoms with E-state index in [1.54, 1.807) is 49.2 Å². The van der Waals surface area contributed by atoms with Crippen LogP contribution in [0.2, 0.25) is 0 Å². The largest absolute Gasteiger partial charge is 0.485 e. The molecule has 12 N–H and O–H groups in total. The quantitative estimate of drug-likeness (QED) is 0.0452. The molecular formula is C61H93N5O13S2. The Hall–Kier alpha value is -2.86. The predicted octanol–water partition coefficient (Wildman–Crippen LogP) is 5.63. The molecule has 4 heterocycles. The van der Waals surface area contributed by atoms with E-state index in [1.165, 1.54) is 12.8 Å². The van der Waals surface area contributed by atoms with Gasteiger partial charge in [0.15, 0.2) is 22.9 Å². The van der Waals surface area contributed by atoms with Crippen LogP contribution in [0.15, 0.2) is 40.0 Å². The van der Waals surface area contributed by atoms with Gasteiger partial charge in [0.2, 0.25) is 12.0 Å². The van der Waals surface area contributed by atoms with Crippen molar-refractivity contribution in [1.82, 2.24) is 16.0 Å². The highest BCUT2D eigenvalue weighted by Gasteiger charge is 2.78. The van der Waals surface area contributed by atoms with Gasteiger partial charge in [-0.2, -0.15) is 0 Å².